The molecule has 0 aromatic heterocycles. The number of rotatable bonds is 3. The SMILES string of the molecule is CC.CC(=O)c1ccccc1Nc1cccc(C)c1C.CCC. The van der Waals surface area contributed by atoms with Crippen molar-refractivity contribution in [3.05, 3.63) is 59.2 Å². The fraction of sp³-hybridized carbons (Fsp3) is 0.381. The predicted octanol–water partition coefficient (Wildman–Crippen LogP) is 6.69. The molecule has 0 heterocycles. The van der Waals surface area contributed by atoms with Gasteiger partial charge in [-0.1, -0.05) is 58.4 Å². The van der Waals surface area contributed by atoms with Gasteiger partial charge in [-0.15, -0.1) is 0 Å². The van der Waals surface area contributed by atoms with E-state index in [2.05, 4.69) is 39.1 Å². The molecule has 23 heavy (non-hydrogen) atoms. The van der Waals surface area contributed by atoms with E-state index in [1.54, 1.807) is 6.92 Å². The third-order valence-electron chi connectivity index (χ3n) is 3.18. The quantitative estimate of drug-likeness (QED) is 0.639. The summed E-state index contributed by atoms with van der Waals surface area (Å²) in [5.41, 5.74) is 5.07. The van der Waals surface area contributed by atoms with Crippen LogP contribution >= 0.6 is 0 Å². The number of para-hydroxylation sites is 1. The molecule has 0 atom stereocenters. The van der Waals surface area contributed by atoms with E-state index in [0.29, 0.717) is 0 Å². The van der Waals surface area contributed by atoms with Gasteiger partial charge in [0, 0.05) is 16.9 Å². The first-order valence-electron chi connectivity index (χ1n) is 8.44. The molecule has 0 bridgehead atoms. The molecule has 2 aromatic rings. The largest absolute Gasteiger partial charge is 0.355 e. The molecular weight excluding hydrogens is 282 g/mol. The standard InChI is InChI=1S/C16H17NO.C3H8.C2H6/c1-11-7-6-10-15(12(11)2)17-16-9-5-4-8-14(16)13(3)18;1-3-2;1-2/h4-10,17H,1-3H3;3H2,1-2H3;1-2H3. The maximum Gasteiger partial charge on any atom is 0.161 e. The van der Waals surface area contributed by atoms with Gasteiger partial charge in [0.25, 0.3) is 0 Å². The van der Waals surface area contributed by atoms with Crippen molar-refractivity contribution in [1.82, 2.24) is 0 Å². The lowest BCUT2D eigenvalue weighted by atomic mass is 10.1. The summed E-state index contributed by atoms with van der Waals surface area (Å²) in [6.45, 7) is 14.0. The predicted molar refractivity (Wildman–Crippen MR) is 103 cm³/mol. The van der Waals surface area contributed by atoms with Gasteiger partial charge in [0.2, 0.25) is 0 Å². The Labute approximate surface area is 141 Å². The van der Waals surface area contributed by atoms with Gasteiger partial charge < -0.3 is 5.32 Å². The van der Waals surface area contributed by atoms with Crippen molar-refractivity contribution in [2.45, 2.75) is 54.9 Å². The van der Waals surface area contributed by atoms with Crippen molar-refractivity contribution in [1.29, 1.82) is 0 Å². The van der Waals surface area contributed by atoms with E-state index in [1.807, 2.05) is 50.2 Å². The summed E-state index contributed by atoms with van der Waals surface area (Å²) >= 11 is 0. The maximum atomic E-state index is 11.6. The van der Waals surface area contributed by atoms with Gasteiger partial charge in [0.15, 0.2) is 5.78 Å². The summed E-state index contributed by atoms with van der Waals surface area (Å²) in [5, 5.41) is 3.34. The topological polar surface area (TPSA) is 29.1 Å². The Balaban J connectivity index is 0.000000868. The highest BCUT2D eigenvalue weighted by Gasteiger charge is 2.07. The van der Waals surface area contributed by atoms with Crippen LogP contribution in [0.5, 0.6) is 0 Å². The van der Waals surface area contributed by atoms with Gasteiger partial charge in [-0.05, 0) is 50.1 Å². The molecule has 0 aliphatic carbocycles. The van der Waals surface area contributed by atoms with Gasteiger partial charge in [-0.25, -0.2) is 0 Å². The summed E-state index contributed by atoms with van der Waals surface area (Å²) < 4.78 is 0. The molecule has 0 saturated carbocycles. The number of Topliss-reactive ketones (excluding diaryl/α,β-unsaturated/α-hetero) is 1. The first-order valence-corrected chi connectivity index (χ1v) is 8.44. The van der Waals surface area contributed by atoms with Crippen LogP contribution in [0, 0.1) is 13.8 Å². The second kappa shape index (κ2) is 11.5. The fourth-order valence-electron chi connectivity index (χ4n) is 1.93. The lowest BCUT2D eigenvalue weighted by Gasteiger charge is -2.13. The molecule has 1 N–H and O–H groups in total. The summed E-state index contributed by atoms with van der Waals surface area (Å²) in [7, 11) is 0. The van der Waals surface area contributed by atoms with Gasteiger partial charge in [-0.3, -0.25) is 4.79 Å². The van der Waals surface area contributed by atoms with Gasteiger partial charge in [0.05, 0.1) is 0 Å². The van der Waals surface area contributed by atoms with E-state index in [4.69, 9.17) is 0 Å². The fourth-order valence-corrected chi connectivity index (χ4v) is 1.93. The molecule has 0 radical (unpaired) electrons. The number of hydrogen-bond acceptors (Lipinski definition) is 2. The number of benzene rings is 2. The Morgan fingerprint density at radius 2 is 1.43 bits per heavy atom. The number of anilines is 2. The molecule has 0 amide bonds. The highest BCUT2D eigenvalue weighted by molar-refractivity contribution is 6.00. The van der Waals surface area contributed by atoms with E-state index in [1.165, 1.54) is 17.5 Å². The molecule has 2 aromatic carbocycles. The average Bonchev–Trinajstić information content (AvgIpc) is 2.55. The molecule has 0 aliphatic heterocycles. The van der Waals surface area contributed by atoms with Crippen molar-refractivity contribution in [3.8, 4) is 0 Å². The molecule has 2 nitrogen and oxygen atoms in total. The van der Waals surface area contributed by atoms with E-state index >= 15 is 0 Å². The number of hydrogen-bond donors (Lipinski definition) is 1. The molecule has 0 fully saturated rings. The maximum absolute atomic E-state index is 11.6. The van der Waals surface area contributed by atoms with Crippen molar-refractivity contribution in [3.63, 3.8) is 0 Å². The van der Waals surface area contributed by atoms with Crippen LogP contribution in [0.25, 0.3) is 0 Å². The van der Waals surface area contributed by atoms with Crippen molar-refractivity contribution in [2.75, 3.05) is 5.32 Å². The second-order valence-corrected chi connectivity index (χ2v) is 5.18. The molecular formula is C21H31NO. The zero-order valence-corrected chi connectivity index (χ0v) is 15.7. The van der Waals surface area contributed by atoms with Crippen LogP contribution in [0.1, 0.15) is 62.5 Å². The molecule has 2 rings (SSSR count). The van der Waals surface area contributed by atoms with E-state index in [-0.39, 0.29) is 5.78 Å². The second-order valence-electron chi connectivity index (χ2n) is 5.18. The van der Waals surface area contributed by atoms with Crippen LogP contribution in [0.2, 0.25) is 0 Å². The lowest BCUT2D eigenvalue weighted by molar-refractivity contribution is 0.101. The zero-order chi connectivity index (χ0) is 17.8. The summed E-state index contributed by atoms with van der Waals surface area (Å²) in [6, 6.07) is 13.7. The Kier molecular flexibility index (Phi) is 10.4. The summed E-state index contributed by atoms with van der Waals surface area (Å²) in [4.78, 5) is 11.6. The van der Waals surface area contributed by atoms with Gasteiger partial charge in [0.1, 0.15) is 0 Å². The smallest absolute Gasteiger partial charge is 0.161 e. The normalized spacial score (nSPS) is 9.00. The minimum absolute atomic E-state index is 0.0726. The zero-order valence-electron chi connectivity index (χ0n) is 15.7. The Hall–Kier alpha value is -2.09. The monoisotopic (exact) mass is 313 g/mol. The van der Waals surface area contributed by atoms with E-state index in [0.717, 1.165) is 16.9 Å². The number of carbonyl (C=O) groups excluding carboxylic acids is 1. The molecule has 0 unspecified atom stereocenters. The highest BCUT2D eigenvalue weighted by Crippen LogP contribution is 2.25. The van der Waals surface area contributed by atoms with E-state index in [9.17, 15) is 4.79 Å². The first-order chi connectivity index (χ1) is 11.0. The Bertz CT molecular complexity index is 603. The highest BCUT2D eigenvalue weighted by atomic mass is 16.1. The van der Waals surface area contributed by atoms with Gasteiger partial charge >= 0.3 is 0 Å². The summed E-state index contributed by atoms with van der Waals surface area (Å²) in [6.07, 6.45) is 1.25. The summed E-state index contributed by atoms with van der Waals surface area (Å²) in [5.74, 6) is 0.0726. The third kappa shape index (κ3) is 6.68. The van der Waals surface area contributed by atoms with Crippen LogP contribution < -0.4 is 5.32 Å². The Morgan fingerprint density at radius 3 is 2.00 bits per heavy atom. The molecule has 0 spiro atoms. The lowest BCUT2D eigenvalue weighted by Crippen LogP contribution is -2.01. The van der Waals surface area contributed by atoms with Crippen molar-refractivity contribution < 1.29 is 4.79 Å². The minimum Gasteiger partial charge on any atom is -0.355 e. The average molecular weight is 313 g/mol. The Morgan fingerprint density at radius 1 is 0.913 bits per heavy atom. The van der Waals surface area contributed by atoms with Crippen molar-refractivity contribution in [2.24, 2.45) is 0 Å². The van der Waals surface area contributed by atoms with Crippen LogP contribution in [0.3, 0.4) is 0 Å². The van der Waals surface area contributed by atoms with Crippen LogP contribution in [-0.2, 0) is 0 Å². The van der Waals surface area contributed by atoms with Crippen LogP contribution in [0.15, 0.2) is 42.5 Å². The molecule has 126 valence electrons. The van der Waals surface area contributed by atoms with Crippen LogP contribution in [-0.4, -0.2) is 5.78 Å². The van der Waals surface area contributed by atoms with E-state index < -0.39 is 0 Å². The first kappa shape index (κ1) is 20.9. The van der Waals surface area contributed by atoms with Gasteiger partial charge in [-0.2, -0.15) is 0 Å². The van der Waals surface area contributed by atoms with Crippen molar-refractivity contribution >= 4 is 17.2 Å². The number of ketones is 1. The molecule has 0 aliphatic rings. The minimum atomic E-state index is 0.0726. The number of nitrogens with one attached hydrogen (secondary N) is 1. The molecule has 0 saturated heterocycles. The third-order valence-corrected chi connectivity index (χ3v) is 3.18. The molecule has 2 heteroatoms. The number of aryl methyl sites for hydroxylation is 1. The van der Waals surface area contributed by atoms with Crippen LogP contribution in [0.4, 0.5) is 11.4 Å². The number of carbonyl (C=O) groups is 1.